The second-order valence-electron chi connectivity index (χ2n) is 6.71. The van der Waals surface area contributed by atoms with E-state index in [-0.39, 0.29) is 12.5 Å². The summed E-state index contributed by atoms with van der Waals surface area (Å²) in [4.78, 5) is 35.3. The minimum Gasteiger partial charge on any atom is -0.455 e. The SMILES string of the molecule is Cc1ccc(CC(=O)OCC(=O)NC(=O)N[C@@H]2CCCC[C@H]2C)cc1. The standard InChI is InChI=1S/C19H26N2O4/c1-13-7-9-15(10-8-13)11-18(23)25-12-17(22)21-19(24)20-16-6-4-3-5-14(16)2/h7-10,14,16H,3-6,11-12H2,1-2H3,(H2,20,21,22,24)/t14-,16-/m1/s1. The Morgan fingerprint density at radius 1 is 1.12 bits per heavy atom. The largest absolute Gasteiger partial charge is 0.455 e. The Balaban J connectivity index is 1.68. The first-order chi connectivity index (χ1) is 11.9. The van der Waals surface area contributed by atoms with Crippen LogP contribution in [0.15, 0.2) is 24.3 Å². The number of rotatable bonds is 5. The van der Waals surface area contributed by atoms with E-state index in [0.717, 1.165) is 30.4 Å². The van der Waals surface area contributed by atoms with Gasteiger partial charge in [-0.3, -0.25) is 14.9 Å². The normalized spacial score (nSPS) is 19.8. The first-order valence-corrected chi connectivity index (χ1v) is 8.75. The minimum atomic E-state index is -0.627. The van der Waals surface area contributed by atoms with E-state index in [1.807, 2.05) is 31.2 Å². The first kappa shape index (κ1) is 19.0. The molecule has 2 N–H and O–H groups in total. The fourth-order valence-corrected chi connectivity index (χ4v) is 2.97. The van der Waals surface area contributed by atoms with Crippen LogP contribution in [0, 0.1) is 12.8 Å². The molecule has 1 aromatic rings. The van der Waals surface area contributed by atoms with Crippen LogP contribution < -0.4 is 10.6 Å². The zero-order chi connectivity index (χ0) is 18.2. The minimum absolute atomic E-state index is 0.0886. The van der Waals surface area contributed by atoms with Crippen molar-refractivity contribution >= 4 is 17.9 Å². The molecule has 6 heteroatoms. The molecule has 3 amide bonds. The zero-order valence-electron chi connectivity index (χ0n) is 14.8. The number of urea groups is 1. The van der Waals surface area contributed by atoms with E-state index in [0.29, 0.717) is 5.92 Å². The van der Waals surface area contributed by atoms with Crippen molar-refractivity contribution in [3.05, 3.63) is 35.4 Å². The molecule has 0 radical (unpaired) electrons. The van der Waals surface area contributed by atoms with Crippen LogP contribution in [0.25, 0.3) is 0 Å². The monoisotopic (exact) mass is 346 g/mol. The van der Waals surface area contributed by atoms with E-state index in [4.69, 9.17) is 4.74 Å². The van der Waals surface area contributed by atoms with Gasteiger partial charge < -0.3 is 10.1 Å². The fraction of sp³-hybridized carbons (Fsp3) is 0.526. The molecular formula is C19H26N2O4. The third kappa shape index (κ3) is 6.57. The van der Waals surface area contributed by atoms with Gasteiger partial charge in [0.05, 0.1) is 6.42 Å². The number of nitrogens with one attached hydrogen (secondary N) is 2. The molecule has 1 fully saturated rings. The third-order valence-electron chi connectivity index (χ3n) is 4.51. The topological polar surface area (TPSA) is 84.5 Å². The summed E-state index contributed by atoms with van der Waals surface area (Å²) >= 11 is 0. The lowest BCUT2D eigenvalue weighted by Gasteiger charge is -2.29. The fourth-order valence-electron chi connectivity index (χ4n) is 2.97. The second-order valence-corrected chi connectivity index (χ2v) is 6.71. The van der Waals surface area contributed by atoms with Gasteiger partial charge >= 0.3 is 12.0 Å². The van der Waals surface area contributed by atoms with Crippen molar-refractivity contribution in [2.75, 3.05) is 6.61 Å². The molecule has 1 aromatic carbocycles. The van der Waals surface area contributed by atoms with Crippen LogP contribution in [0.4, 0.5) is 4.79 Å². The number of esters is 1. The molecule has 0 saturated heterocycles. The first-order valence-electron chi connectivity index (χ1n) is 8.75. The number of hydrogen-bond acceptors (Lipinski definition) is 4. The molecule has 0 aromatic heterocycles. The average Bonchev–Trinajstić information content (AvgIpc) is 2.57. The molecule has 0 bridgehead atoms. The highest BCUT2D eigenvalue weighted by Gasteiger charge is 2.23. The van der Waals surface area contributed by atoms with Gasteiger partial charge in [0.1, 0.15) is 0 Å². The smallest absolute Gasteiger partial charge is 0.321 e. The zero-order valence-corrected chi connectivity index (χ0v) is 14.8. The molecule has 1 saturated carbocycles. The molecule has 0 unspecified atom stereocenters. The summed E-state index contributed by atoms with van der Waals surface area (Å²) in [6.45, 7) is 3.60. The molecule has 2 atom stereocenters. The van der Waals surface area contributed by atoms with Gasteiger partial charge in [-0.25, -0.2) is 4.79 Å². The van der Waals surface area contributed by atoms with Gasteiger partial charge in [0.15, 0.2) is 6.61 Å². The van der Waals surface area contributed by atoms with Gasteiger partial charge in [-0.2, -0.15) is 0 Å². The van der Waals surface area contributed by atoms with Crippen LogP contribution in [-0.4, -0.2) is 30.6 Å². The Hall–Kier alpha value is -2.37. The third-order valence-corrected chi connectivity index (χ3v) is 4.51. The number of carbonyl (C=O) groups excluding carboxylic acids is 3. The van der Waals surface area contributed by atoms with Crippen LogP contribution in [0.2, 0.25) is 0 Å². The number of imide groups is 1. The Morgan fingerprint density at radius 2 is 1.80 bits per heavy atom. The number of aryl methyl sites for hydroxylation is 1. The number of amides is 3. The highest BCUT2D eigenvalue weighted by atomic mass is 16.5. The van der Waals surface area contributed by atoms with Crippen LogP contribution in [0.3, 0.4) is 0 Å². The van der Waals surface area contributed by atoms with Gasteiger partial charge in [-0.15, -0.1) is 0 Å². The maximum atomic E-state index is 11.9. The van der Waals surface area contributed by atoms with Gasteiger partial charge in [0.2, 0.25) is 0 Å². The van der Waals surface area contributed by atoms with E-state index in [2.05, 4.69) is 17.6 Å². The average molecular weight is 346 g/mol. The van der Waals surface area contributed by atoms with Crippen molar-refractivity contribution in [2.45, 2.75) is 52.0 Å². The van der Waals surface area contributed by atoms with Gasteiger partial charge in [-0.05, 0) is 31.2 Å². The molecule has 0 heterocycles. The summed E-state index contributed by atoms with van der Waals surface area (Å²) in [5, 5.41) is 5.03. The van der Waals surface area contributed by atoms with E-state index >= 15 is 0 Å². The van der Waals surface area contributed by atoms with E-state index in [9.17, 15) is 14.4 Å². The molecule has 0 spiro atoms. The Kier molecular flexibility index (Phi) is 6.98. The van der Waals surface area contributed by atoms with Crippen molar-refractivity contribution in [2.24, 2.45) is 5.92 Å². The summed E-state index contributed by atoms with van der Waals surface area (Å²) < 4.78 is 4.92. The van der Waals surface area contributed by atoms with Gasteiger partial charge in [0.25, 0.3) is 5.91 Å². The number of hydrogen-bond donors (Lipinski definition) is 2. The Bertz CT molecular complexity index is 612. The molecule has 25 heavy (non-hydrogen) atoms. The number of benzene rings is 1. The number of carbonyl (C=O) groups is 3. The summed E-state index contributed by atoms with van der Waals surface area (Å²) in [5.41, 5.74) is 1.93. The molecular weight excluding hydrogens is 320 g/mol. The van der Waals surface area contributed by atoms with Crippen molar-refractivity contribution in [3.8, 4) is 0 Å². The van der Waals surface area contributed by atoms with Gasteiger partial charge in [0, 0.05) is 6.04 Å². The molecule has 136 valence electrons. The van der Waals surface area contributed by atoms with E-state index in [1.54, 1.807) is 0 Å². The molecule has 6 nitrogen and oxygen atoms in total. The van der Waals surface area contributed by atoms with E-state index in [1.165, 1.54) is 6.42 Å². The van der Waals surface area contributed by atoms with Crippen LogP contribution in [-0.2, 0) is 20.7 Å². The summed E-state index contributed by atoms with van der Waals surface area (Å²) in [5.74, 6) is -0.722. The summed E-state index contributed by atoms with van der Waals surface area (Å²) in [6, 6.07) is 7.06. The van der Waals surface area contributed by atoms with Gasteiger partial charge in [-0.1, -0.05) is 49.6 Å². The van der Waals surface area contributed by atoms with Crippen LogP contribution in [0.1, 0.15) is 43.7 Å². The molecule has 2 rings (SSSR count). The summed E-state index contributed by atoms with van der Waals surface area (Å²) in [6.07, 6.45) is 4.36. The quantitative estimate of drug-likeness (QED) is 0.802. The lowest BCUT2D eigenvalue weighted by atomic mass is 9.86. The summed E-state index contributed by atoms with van der Waals surface area (Å²) in [7, 11) is 0. The molecule has 1 aliphatic carbocycles. The Labute approximate surface area is 148 Å². The van der Waals surface area contributed by atoms with E-state index < -0.39 is 24.5 Å². The highest BCUT2D eigenvalue weighted by Crippen LogP contribution is 2.23. The predicted molar refractivity (Wildman–Crippen MR) is 93.9 cm³/mol. The maximum absolute atomic E-state index is 11.9. The lowest BCUT2D eigenvalue weighted by molar-refractivity contribution is -0.147. The van der Waals surface area contributed by atoms with Crippen molar-refractivity contribution in [1.29, 1.82) is 0 Å². The molecule has 0 aliphatic heterocycles. The lowest BCUT2D eigenvalue weighted by Crippen LogP contribution is -2.48. The highest BCUT2D eigenvalue weighted by molar-refractivity contribution is 5.95. The Morgan fingerprint density at radius 3 is 2.48 bits per heavy atom. The van der Waals surface area contributed by atoms with Crippen LogP contribution in [0.5, 0.6) is 0 Å². The van der Waals surface area contributed by atoms with Crippen molar-refractivity contribution in [3.63, 3.8) is 0 Å². The van der Waals surface area contributed by atoms with Crippen molar-refractivity contribution in [1.82, 2.24) is 10.6 Å². The maximum Gasteiger partial charge on any atom is 0.321 e. The molecule has 1 aliphatic rings. The predicted octanol–water partition coefficient (Wildman–Crippen LogP) is 2.49. The number of ether oxygens (including phenoxy) is 1. The van der Waals surface area contributed by atoms with Crippen LogP contribution >= 0.6 is 0 Å². The second kappa shape index (κ2) is 9.20. The van der Waals surface area contributed by atoms with Crippen molar-refractivity contribution < 1.29 is 19.1 Å².